The fourth-order valence-electron chi connectivity index (χ4n) is 2.33. The fraction of sp³-hybridized carbons (Fsp3) is 0.0556. The number of hydrogen-bond acceptors (Lipinski definition) is 4. The first kappa shape index (κ1) is 16.3. The molecule has 126 valence electrons. The van der Waals surface area contributed by atoms with Gasteiger partial charge in [-0.25, -0.2) is 4.68 Å². The van der Waals surface area contributed by atoms with Crippen molar-refractivity contribution in [1.29, 1.82) is 0 Å². The van der Waals surface area contributed by atoms with Crippen molar-refractivity contribution in [1.82, 2.24) is 9.78 Å². The van der Waals surface area contributed by atoms with Gasteiger partial charge in [0, 0.05) is 6.20 Å². The zero-order chi connectivity index (χ0) is 17.8. The summed E-state index contributed by atoms with van der Waals surface area (Å²) < 4.78 is 6.90. The second-order valence-electron chi connectivity index (χ2n) is 5.34. The van der Waals surface area contributed by atoms with E-state index in [0.29, 0.717) is 5.75 Å². The van der Waals surface area contributed by atoms with Crippen molar-refractivity contribution in [2.24, 2.45) is 11.5 Å². The van der Waals surface area contributed by atoms with E-state index in [1.165, 1.54) is 0 Å². The molecule has 0 saturated carbocycles. The SMILES string of the molecule is NC(=O)COc1cccc(-c2ccc(-n3ccc(C(N)=O)n3)cc2)c1. The first-order chi connectivity index (χ1) is 12.0. The van der Waals surface area contributed by atoms with Crippen LogP contribution in [0.4, 0.5) is 0 Å². The Bertz CT molecular complexity index is 916. The van der Waals surface area contributed by atoms with E-state index in [4.69, 9.17) is 16.2 Å². The monoisotopic (exact) mass is 336 g/mol. The van der Waals surface area contributed by atoms with Gasteiger partial charge in [0.05, 0.1) is 5.69 Å². The minimum atomic E-state index is -0.567. The number of carbonyl (C=O) groups excluding carboxylic acids is 2. The zero-order valence-electron chi connectivity index (χ0n) is 13.3. The largest absolute Gasteiger partial charge is 0.484 e. The molecule has 0 saturated heterocycles. The Hall–Kier alpha value is -3.61. The number of benzene rings is 2. The number of ether oxygens (including phenoxy) is 1. The number of hydrogen-bond donors (Lipinski definition) is 2. The topological polar surface area (TPSA) is 113 Å². The summed E-state index contributed by atoms with van der Waals surface area (Å²) >= 11 is 0. The highest BCUT2D eigenvalue weighted by molar-refractivity contribution is 5.90. The van der Waals surface area contributed by atoms with Crippen LogP contribution in [-0.4, -0.2) is 28.2 Å². The van der Waals surface area contributed by atoms with E-state index in [1.807, 2.05) is 42.5 Å². The van der Waals surface area contributed by atoms with Gasteiger partial charge in [0.15, 0.2) is 6.61 Å². The first-order valence-corrected chi connectivity index (χ1v) is 7.50. The molecule has 25 heavy (non-hydrogen) atoms. The van der Waals surface area contributed by atoms with Crippen molar-refractivity contribution in [3.63, 3.8) is 0 Å². The molecular weight excluding hydrogens is 320 g/mol. The maximum atomic E-state index is 11.1. The molecular formula is C18H16N4O3. The van der Waals surface area contributed by atoms with Gasteiger partial charge in [0.1, 0.15) is 11.4 Å². The lowest BCUT2D eigenvalue weighted by atomic mass is 10.1. The molecule has 0 aliphatic heterocycles. The van der Waals surface area contributed by atoms with Crippen molar-refractivity contribution >= 4 is 11.8 Å². The van der Waals surface area contributed by atoms with Gasteiger partial charge >= 0.3 is 0 Å². The minimum Gasteiger partial charge on any atom is -0.484 e. The number of nitrogens with zero attached hydrogens (tertiary/aromatic N) is 2. The van der Waals surface area contributed by atoms with Crippen LogP contribution in [0.25, 0.3) is 16.8 Å². The van der Waals surface area contributed by atoms with Crippen LogP contribution >= 0.6 is 0 Å². The molecule has 7 nitrogen and oxygen atoms in total. The molecule has 0 spiro atoms. The summed E-state index contributed by atoms with van der Waals surface area (Å²) in [5.41, 5.74) is 13.2. The van der Waals surface area contributed by atoms with Crippen LogP contribution in [0, 0.1) is 0 Å². The van der Waals surface area contributed by atoms with Crippen LogP contribution in [-0.2, 0) is 4.79 Å². The van der Waals surface area contributed by atoms with Gasteiger partial charge < -0.3 is 16.2 Å². The van der Waals surface area contributed by atoms with Gasteiger partial charge in [-0.2, -0.15) is 5.10 Å². The predicted octanol–water partition coefficient (Wildman–Crippen LogP) is 1.50. The van der Waals surface area contributed by atoms with Crippen molar-refractivity contribution in [3.05, 3.63) is 66.5 Å². The molecule has 3 rings (SSSR count). The molecule has 0 radical (unpaired) electrons. The number of rotatable bonds is 6. The lowest BCUT2D eigenvalue weighted by molar-refractivity contribution is -0.119. The number of aromatic nitrogens is 2. The third-order valence-electron chi connectivity index (χ3n) is 3.52. The van der Waals surface area contributed by atoms with E-state index < -0.39 is 11.8 Å². The van der Waals surface area contributed by atoms with Gasteiger partial charge in [-0.05, 0) is 41.5 Å². The summed E-state index contributed by atoms with van der Waals surface area (Å²) in [5.74, 6) is -0.522. The van der Waals surface area contributed by atoms with Gasteiger partial charge in [-0.1, -0.05) is 24.3 Å². The summed E-state index contributed by atoms with van der Waals surface area (Å²) in [6.07, 6.45) is 1.67. The summed E-state index contributed by atoms with van der Waals surface area (Å²) in [7, 11) is 0. The van der Waals surface area contributed by atoms with Crippen molar-refractivity contribution in [3.8, 4) is 22.6 Å². The summed E-state index contributed by atoms with van der Waals surface area (Å²) in [4.78, 5) is 21.9. The van der Waals surface area contributed by atoms with E-state index in [2.05, 4.69) is 5.10 Å². The van der Waals surface area contributed by atoms with Crippen molar-refractivity contribution in [2.75, 3.05) is 6.61 Å². The van der Waals surface area contributed by atoms with E-state index in [1.54, 1.807) is 23.0 Å². The molecule has 1 heterocycles. The molecule has 2 amide bonds. The van der Waals surface area contributed by atoms with Gasteiger partial charge in [-0.15, -0.1) is 0 Å². The Morgan fingerprint density at radius 3 is 2.40 bits per heavy atom. The lowest BCUT2D eigenvalue weighted by Gasteiger charge is -2.08. The maximum absolute atomic E-state index is 11.1. The highest BCUT2D eigenvalue weighted by Crippen LogP contribution is 2.25. The molecule has 0 bridgehead atoms. The number of amides is 2. The molecule has 0 atom stereocenters. The van der Waals surface area contributed by atoms with Crippen LogP contribution in [0.1, 0.15) is 10.5 Å². The predicted molar refractivity (Wildman–Crippen MR) is 92.2 cm³/mol. The van der Waals surface area contributed by atoms with Crippen LogP contribution in [0.15, 0.2) is 60.8 Å². The minimum absolute atomic E-state index is 0.163. The number of carbonyl (C=O) groups is 2. The zero-order valence-corrected chi connectivity index (χ0v) is 13.3. The van der Waals surface area contributed by atoms with E-state index in [0.717, 1.165) is 16.8 Å². The van der Waals surface area contributed by atoms with Gasteiger partial charge in [-0.3, -0.25) is 9.59 Å². The molecule has 3 aromatic rings. The Morgan fingerprint density at radius 2 is 1.76 bits per heavy atom. The Kier molecular flexibility index (Phi) is 4.47. The van der Waals surface area contributed by atoms with Crippen LogP contribution in [0.2, 0.25) is 0 Å². The molecule has 2 aromatic carbocycles. The van der Waals surface area contributed by atoms with Crippen LogP contribution in [0.3, 0.4) is 0 Å². The van der Waals surface area contributed by atoms with Crippen molar-refractivity contribution < 1.29 is 14.3 Å². The number of nitrogens with two attached hydrogens (primary N) is 2. The molecule has 7 heteroatoms. The van der Waals surface area contributed by atoms with Crippen LogP contribution in [0.5, 0.6) is 5.75 Å². The molecule has 1 aromatic heterocycles. The molecule has 0 aliphatic rings. The molecule has 0 unspecified atom stereocenters. The fourth-order valence-corrected chi connectivity index (χ4v) is 2.33. The average molecular weight is 336 g/mol. The summed E-state index contributed by atoms with van der Waals surface area (Å²) in [6, 6.07) is 16.5. The smallest absolute Gasteiger partial charge is 0.269 e. The number of primary amides is 2. The second kappa shape index (κ2) is 6.88. The first-order valence-electron chi connectivity index (χ1n) is 7.50. The van der Waals surface area contributed by atoms with Crippen LogP contribution < -0.4 is 16.2 Å². The Labute approximate surface area is 143 Å². The maximum Gasteiger partial charge on any atom is 0.269 e. The average Bonchev–Trinajstić information content (AvgIpc) is 3.11. The van der Waals surface area contributed by atoms with E-state index >= 15 is 0 Å². The third kappa shape index (κ3) is 3.84. The highest BCUT2D eigenvalue weighted by Gasteiger charge is 2.07. The molecule has 0 aliphatic carbocycles. The van der Waals surface area contributed by atoms with E-state index in [9.17, 15) is 9.59 Å². The van der Waals surface area contributed by atoms with Crippen molar-refractivity contribution in [2.45, 2.75) is 0 Å². The lowest BCUT2D eigenvalue weighted by Crippen LogP contribution is -2.19. The van der Waals surface area contributed by atoms with Gasteiger partial charge in [0.25, 0.3) is 11.8 Å². The van der Waals surface area contributed by atoms with Gasteiger partial charge in [0.2, 0.25) is 0 Å². The Morgan fingerprint density at radius 1 is 1.00 bits per heavy atom. The summed E-state index contributed by atoms with van der Waals surface area (Å²) in [5, 5.41) is 4.12. The summed E-state index contributed by atoms with van der Waals surface area (Å²) in [6.45, 7) is -0.163. The highest BCUT2D eigenvalue weighted by atomic mass is 16.5. The second-order valence-corrected chi connectivity index (χ2v) is 5.34. The Balaban J connectivity index is 1.81. The molecule has 0 fully saturated rings. The normalized spacial score (nSPS) is 10.4. The van der Waals surface area contributed by atoms with E-state index in [-0.39, 0.29) is 12.3 Å². The standard InChI is InChI=1S/C18H16N4O3/c19-17(23)11-25-15-3-1-2-13(10-15)12-4-6-14(7-5-12)22-9-8-16(21-22)18(20)24/h1-10H,11H2,(H2,19,23)(H2,20,24). The molecule has 4 N–H and O–H groups in total. The quantitative estimate of drug-likeness (QED) is 0.710. The third-order valence-corrected chi connectivity index (χ3v) is 3.52.